The Morgan fingerprint density at radius 2 is 2.12 bits per heavy atom. The number of esters is 1. The molecule has 0 aromatic heterocycles. The average molecular weight is 331 g/mol. The summed E-state index contributed by atoms with van der Waals surface area (Å²) in [4.78, 5) is 24.9. The van der Waals surface area contributed by atoms with Crippen LogP contribution in [-0.2, 0) is 19.1 Å². The van der Waals surface area contributed by atoms with Crippen molar-refractivity contribution in [3.8, 4) is 0 Å². The van der Waals surface area contributed by atoms with E-state index in [0.29, 0.717) is 30.6 Å². The summed E-state index contributed by atoms with van der Waals surface area (Å²) in [5.74, 6) is -1.97. The van der Waals surface area contributed by atoms with Crippen molar-refractivity contribution in [2.45, 2.75) is 32.1 Å². The van der Waals surface area contributed by atoms with E-state index in [1.807, 2.05) is 0 Å². The van der Waals surface area contributed by atoms with Gasteiger partial charge in [0.1, 0.15) is 17.1 Å². The molecule has 24 heavy (non-hydrogen) atoms. The van der Waals surface area contributed by atoms with Gasteiger partial charge in [-0.1, -0.05) is 18.2 Å². The molecule has 0 saturated carbocycles. The number of rotatable bonds is 3. The van der Waals surface area contributed by atoms with Crippen LogP contribution in [0.2, 0.25) is 0 Å². The van der Waals surface area contributed by atoms with Crippen LogP contribution in [0.4, 0.5) is 4.39 Å². The fourth-order valence-corrected chi connectivity index (χ4v) is 3.18. The third-order valence-corrected chi connectivity index (χ3v) is 4.20. The number of carbonyl (C=O) groups is 2. The van der Waals surface area contributed by atoms with Gasteiger partial charge in [0.2, 0.25) is 5.88 Å². The molecule has 1 aromatic rings. The Bertz CT molecular complexity index is 766. The molecule has 1 aliphatic carbocycles. The number of hydrogen-bond acceptors (Lipinski definition) is 5. The second-order valence-corrected chi connectivity index (χ2v) is 5.67. The van der Waals surface area contributed by atoms with E-state index in [1.165, 1.54) is 6.07 Å². The Morgan fingerprint density at radius 3 is 2.83 bits per heavy atom. The Balaban J connectivity index is 2.19. The molecule has 0 fully saturated rings. The van der Waals surface area contributed by atoms with Crippen molar-refractivity contribution in [1.82, 2.24) is 0 Å². The minimum Gasteiger partial charge on any atom is -0.462 e. The number of nitrogens with two attached hydrogens (primary N) is 1. The van der Waals surface area contributed by atoms with Crippen LogP contribution in [0, 0.1) is 5.82 Å². The van der Waals surface area contributed by atoms with Crippen molar-refractivity contribution in [3.05, 3.63) is 58.4 Å². The maximum atomic E-state index is 14.4. The molecule has 2 N–H and O–H groups in total. The van der Waals surface area contributed by atoms with E-state index in [4.69, 9.17) is 15.2 Å². The third-order valence-electron chi connectivity index (χ3n) is 4.20. The number of carbonyl (C=O) groups excluding carboxylic acids is 2. The minimum absolute atomic E-state index is 0.0176. The highest BCUT2D eigenvalue weighted by molar-refractivity contribution is 6.03. The van der Waals surface area contributed by atoms with Crippen LogP contribution in [-0.4, -0.2) is 18.4 Å². The van der Waals surface area contributed by atoms with Crippen LogP contribution in [0.3, 0.4) is 0 Å². The number of hydrogen-bond donors (Lipinski definition) is 1. The predicted octanol–water partition coefficient (Wildman–Crippen LogP) is 2.68. The monoisotopic (exact) mass is 331 g/mol. The van der Waals surface area contributed by atoms with Gasteiger partial charge in [0, 0.05) is 24.0 Å². The summed E-state index contributed by atoms with van der Waals surface area (Å²) in [7, 11) is 0. The maximum absolute atomic E-state index is 14.4. The number of ketones is 1. The lowest BCUT2D eigenvalue weighted by atomic mass is 9.77. The Hall–Kier alpha value is -2.63. The van der Waals surface area contributed by atoms with E-state index >= 15 is 0 Å². The Kier molecular flexibility index (Phi) is 4.38. The van der Waals surface area contributed by atoms with Gasteiger partial charge in [0.25, 0.3) is 0 Å². The first-order valence-corrected chi connectivity index (χ1v) is 7.89. The van der Waals surface area contributed by atoms with E-state index in [1.54, 1.807) is 25.1 Å². The van der Waals surface area contributed by atoms with Crippen molar-refractivity contribution in [1.29, 1.82) is 0 Å². The highest BCUT2D eigenvalue weighted by Gasteiger charge is 2.42. The van der Waals surface area contributed by atoms with E-state index < -0.39 is 17.7 Å². The fourth-order valence-electron chi connectivity index (χ4n) is 3.18. The summed E-state index contributed by atoms with van der Waals surface area (Å²) in [6.07, 6.45) is 1.51. The predicted molar refractivity (Wildman–Crippen MR) is 84.0 cm³/mol. The molecule has 126 valence electrons. The van der Waals surface area contributed by atoms with Gasteiger partial charge >= 0.3 is 5.97 Å². The second-order valence-electron chi connectivity index (χ2n) is 5.67. The first kappa shape index (κ1) is 16.2. The van der Waals surface area contributed by atoms with Gasteiger partial charge in [0.15, 0.2) is 5.78 Å². The van der Waals surface area contributed by atoms with Gasteiger partial charge in [-0.3, -0.25) is 4.79 Å². The zero-order chi connectivity index (χ0) is 17.3. The summed E-state index contributed by atoms with van der Waals surface area (Å²) in [5, 5.41) is 0. The minimum atomic E-state index is -0.901. The SMILES string of the molecule is CCOC(=O)C1=C(N)OC2=C(C(=O)CCC2)[C@H]1c1ccccc1F. The summed E-state index contributed by atoms with van der Waals surface area (Å²) in [6.45, 7) is 1.80. The zero-order valence-electron chi connectivity index (χ0n) is 13.3. The third kappa shape index (κ3) is 2.68. The van der Waals surface area contributed by atoms with Gasteiger partial charge in [-0.15, -0.1) is 0 Å². The normalized spacial score (nSPS) is 20.6. The smallest absolute Gasteiger partial charge is 0.340 e. The summed E-state index contributed by atoms with van der Waals surface area (Å²) in [6, 6.07) is 6.04. The number of allylic oxidation sites excluding steroid dienone is 2. The van der Waals surface area contributed by atoms with E-state index in [-0.39, 0.29) is 29.4 Å². The molecule has 2 aliphatic rings. The lowest BCUT2D eigenvalue weighted by molar-refractivity contribution is -0.139. The fraction of sp³-hybridized carbons (Fsp3) is 0.333. The topological polar surface area (TPSA) is 78.6 Å². The molecule has 0 spiro atoms. The highest BCUT2D eigenvalue weighted by atomic mass is 19.1. The molecule has 0 bridgehead atoms. The summed E-state index contributed by atoms with van der Waals surface area (Å²) < 4.78 is 25.0. The first-order valence-electron chi connectivity index (χ1n) is 7.89. The molecule has 0 radical (unpaired) electrons. The van der Waals surface area contributed by atoms with Crippen molar-refractivity contribution < 1.29 is 23.5 Å². The molecule has 1 heterocycles. The lowest BCUT2D eigenvalue weighted by Gasteiger charge is -2.32. The van der Waals surface area contributed by atoms with Gasteiger partial charge in [0.05, 0.1) is 12.5 Å². The molecule has 1 aromatic carbocycles. The first-order chi connectivity index (χ1) is 11.5. The van der Waals surface area contributed by atoms with E-state index in [9.17, 15) is 14.0 Å². The molecule has 3 rings (SSSR count). The number of benzene rings is 1. The van der Waals surface area contributed by atoms with Crippen molar-refractivity contribution in [3.63, 3.8) is 0 Å². The Labute approximate surface area is 138 Å². The standard InChI is InChI=1S/C18H18FNO4/c1-2-23-18(22)16-14(10-6-3-4-7-11(10)19)15-12(21)8-5-9-13(15)24-17(16)20/h3-4,6-7,14H,2,5,8-9,20H2,1H3/t14-/m1/s1. The molecule has 1 aliphatic heterocycles. The van der Waals surface area contributed by atoms with Crippen molar-refractivity contribution >= 4 is 11.8 Å². The summed E-state index contributed by atoms with van der Waals surface area (Å²) in [5.41, 5.74) is 6.44. The van der Waals surface area contributed by atoms with Gasteiger partial charge in [-0.05, 0) is 19.4 Å². The highest BCUT2D eigenvalue weighted by Crippen LogP contribution is 2.44. The molecular formula is C18H18FNO4. The zero-order valence-corrected chi connectivity index (χ0v) is 13.3. The van der Waals surface area contributed by atoms with E-state index in [2.05, 4.69) is 0 Å². The average Bonchev–Trinajstić information content (AvgIpc) is 2.54. The van der Waals surface area contributed by atoms with Crippen LogP contribution in [0.5, 0.6) is 0 Å². The van der Waals surface area contributed by atoms with E-state index in [0.717, 1.165) is 0 Å². The lowest BCUT2D eigenvalue weighted by Crippen LogP contribution is -2.31. The van der Waals surface area contributed by atoms with Crippen LogP contribution in [0.1, 0.15) is 37.7 Å². The number of ether oxygens (including phenoxy) is 2. The molecule has 0 saturated heterocycles. The van der Waals surface area contributed by atoms with Gasteiger partial charge < -0.3 is 15.2 Å². The van der Waals surface area contributed by atoms with Crippen LogP contribution >= 0.6 is 0 Å². The molecule has 5 nitrogen and oxygen atoms in total. The number of Topliss-reactive ketones (excluding diaryl/α,β-unsaturated/α-hetero) is 1. The Morgan fingerprint density at radius 1 is 1.38 bits per heavy atom. The quantitative estimate of drug-likeness (QED) is 0.862. The molecule has 0 unspecified atom stereocenters. The summed E-state index contributed by atoms with van der Waals surface area (Å²) >= 11 is 0. The number of halogens is 1. The van der Waals surface area contributed by atoms with Crippen LogP contribution in [0.25, 0.3) is 0 Å². The molecular weight excluding hydrogens is 313 g/mol. The largest absolute Gasteiger partial charge is 0.462 e. The second kappa shape index (κ2) is 6.47. The molecule has 1 atom stereocenters. The van der Waals surface area contributed by atoms with Gasteiger partial charge in [-0.2, -0.15) is 0 Å². The maximum Gasteiger partial charge on any atom is 0.340 e. The molecule has 0 amide bonds. The van der Waals surface area contributed by atoms with Crippen LogP contribution in [0.15, 0.2) is 47.1 Å². The van der Waals surface area contributed by atoms with Crippen molar-refractivity contribution in [2.24, 2.45) is 5.73 Å². The van der Waals surface area contributed by atoms with Crippen molar-refractivity contribution in [2.75, 3.05) is 6.61 Å². The molecule has 6 heteroatoms. The van der Waals surface area contributed by atoms with Gasteiger partial charge in [-0.25, -0.2) is 9.18 Å². The van der Waals surface area contributed by atoms with Crippen LogP contribution < -0.4 is 5.73 Å².